The normalized spacial score (nSPS) is 11.9. The molecule has 1 nitrogen and oxygen atoms in total. The molecule has 0 saturated heterocycles. The van der Waals surface area contributed by atoms with E-state index in [9.17, 15) is 0 Å². The molecule has 0 fully saturated rings. The van der Waals surface area contributed by atoms with Crippen molar-refractivity contribution in [2.45, 2.75) is 13.8 Å². The summed E-state index contributed by atoms with van der Waals surface area (Å²) in [7, 11) is 0. The number of rotatable bonds is 1. The summed E-state index contributed by atoms with van der Waals surface area (Å²) in [5.74, 6) is 0. The van der Waals surface area contributed by atoms with Gasteiger partial charge in [-0.15, -0.1) is 0 Å². The van der Waals surface area contributed by atoms with Crippen LogP contribution in [-0.4, -0.2) is 4.98 Å². The van der Waals surface area contributed by atoms with Crippen LogP contribution in [0.1, 0.15) is 11.1 Å². The number of aromatic nitrogens is 1. The zero-order chi connectivity index (χ0) is 15.6. The Kier molecular flexibility index (Phi) is 2.41. The third kappa shape index (κ3) is 1.68. The Morgan fingerprint density at radius 2 is 1.52 bits per heavy atom. The Labute approximate surface area is 135 Å². The molecule has 1 aromatic heterocycles. The smallest absolute Gasteiger partial charge is 0.0466 e. The standard InChI is InChI=1S/C22H17N/c1-13-5-3-6-15(9-13)17-10-14(2)11-18-19-12-23-20-8-4-7-16(21(17)18)22(19)20/h3-12,23H,1-2H3. The maximum absolute atomic E-state index is 3.41. The first-order valence-corrected chi connectivity index (χ1v) is 8.05. The van der Waals surface area contributed by atoms with Crippen molar-refractivity contribution >= 4 is 10.9 Å². The SMILES string of the molecule is Cc1cccc(-c2cc(C)cc3c2-c2cccc4[nH]cc-3c24)c1. The van der Waals surface area contributed by atoms with E-state index in [2.05, 4.69) is 79.6 Å². The number of nitrogens with one attached hydrogen (secondary N) is 1. The van der Waals surface area contributed by atoms with Crippen molar-refractivity contribution in [1.82, 2.24) is 4.98 Å². The van der Waals surface area contributed by atoms with Gasteiger partial charge in [0.25, 0.3) is 0 Å². The van der Waals surface area contributed by atoms with E-state index in [0.29, 0.717) is 0 Å². The van der Waals surface area contributed by atoms with Crippen LogP contribution >= 0.6 is 0 Å². The van der Waals surface area contributed by atoms with Gasteiger partial charge in [-0.25, -0.2) is 0 Å². The molecule has 1 heterocycles. The highest BCUT2D eigenvalue weighted by Gasteiger charge is 2.25. The Balaban J connectivity index is 1.91. The highest BCUT2D eigenvalue weighted by atomic mass is 14.7. The number of fused-ring (bicyclic) bond motifs is 3. The van der Waals surface area contributed by atoms with E-state index in [1.807, 2.05) is 0 Å². The van der Waals surface area contributed by atoms with Crippen molar-refractivity contribution < 1.29 is 0 Å². The van der Waals surface area contributed by atoms with E-state index in [0.717, 1.165) is 0 Å². The molecule has 4 aromatic rings. The van der Waals surface area contributed by atoms with E-state index < -0.39 is 0 Å². The molecule has 1 aliphatic rings. The highest BCUT2D eigenvalue weighted by Crippen LogP contribution is 2.51. The summed E-state index contributed by atoms with van der Waals surface area (Å²) in [6.07, 6.45) is 2.15. The molecule has 0 atom stereocenters. The van der Waals surface area contributed by atoms with Crippen LogP contribution in [0.2, 0.25) is 0 Å². The monoisotopic (exact) mass is 295 g/mol. The summed E-state index contributed by atoms with van der Waals surface area (Å²) in [5.41, 5.74) is 11.9. The lowest BCUT2D eigenvalue weighted by molar-refractivity contribution is 1.43. The third-order valence-corrected chi connectivity index (χ3v) is 4.88. The number of benzene rings is 3. The molecule has 5 rings (SSSR count). The van der Waals surface area contributed by atoms with E-state index >= 15 is 0 Å². The summed E-state index contributed by atoms with van der Waals surface area (Å²) in [4.78, 5) is 3.41. The van der Waals surface area contributed by atoms with Crippen LogP contribution in [0.5, 0.6) is 0 Å². The summed E-state index contributed by atoms with van der Waals surface area (Å²) < 4.78 is 0. The highest BCUT2D eigenvalue weighted by molar-refractivity contribution is 6.17. The molecule has 0 bridgehead atoms. The van der Waals surface area contributed by atoms with Gasteiger partial charge in [0.2, 0.25) is 0 Å². The summed E-state index contributed by atoms with van der Waals surface area (Å²) in [5, 5.41) is 1.36. The van der Waals surface area contributed by atoms with Crippen molar-refractivity contribution in [2.24, 2.45) is 0 Å². The number of aromatic amines is 1. The fourth-order valence-electron chi connectivity index (χ4n) is 3.93. The molecule has 0 unspecified atom stereocenters. The van der Waals surface area contributed by atoms with Gasteiger partial charge in [0.05, 0.1) is 0 Å². The van der Waals surface area contributed by atoms with Gasteiger partial charge in [-0.2, -0.15) is 0 Å². The lowest BCUT2D eigenvalue weighted by Gasteiger charge is -2.13. The topological polar surface area (TPSA) is 15.8 Å². The van der Waals surface area contributed by atoms with Gasteiger partial charge >= 0.3 is 0 Å². The summed E-state index contributed by atoms with van der Waals surface area (Å²) in [6, 6.07) is 20.0. The van der Waals surface area contributed by atoms with Gasteiger partial charge in [0.15, 0.2) is 0 Å². The van der Waals surface area contributed by atoms with Gasteiger partial charge in [0, 0.05) is 22.7 Å². The second-order valence-corrected chi connectivity index (χ2v) is 6.54. The number of aryl methyl sites for hydroxylation is 2. The molecule has 1 heteroatoms. The quantitative estimate of drug-likeness (QED) is 0.384. The predicted molar refractivity (Wildman–Crippen MR) is 97.6 cm³/mol. The minimum absolute atomic E-state index is 1.22. The fourth-order valence-corrected chi connectivity index (χ4v) is 3.93. The molecule has 0 aliphatic heterocycles. The van der Waals surface area contributed by atoms with E-state index in [4.69, 9.17) is 0 Å². The van der Waals surface area contributed by atoms with Gasteiger partial charge in [-0.05, 0) is 53.3 Å². The van der Waals surface area contributed by atoms with Crippen molar-refractivity contribution in [3.63, 3.8) is 0 Å². The van der Waals surface area contributed by atoms with Crippen LogP contribution < -0.4 is 0 Å². The van der Waals surface area contributed by atoms with Crippen LogP contribution in [0.4, 0.5) is 0 Å². The Morgan fingerprint density at radius 3 is 2.39 bits per heavy atom. The minimum atomic E-state index is 1.22. The van der Waals surface area contributed by atoms with Crippen LogP contribution in [0.3, 0.4) is 0 Å². The second-order valence-electron chi connectivity index (χ2n) is 6.54. The van der Waals surface area contributed by atoms with Crippen LogP contribution in [0.15, 0.2) is 60.8 Å². The Morgan fingerprint density at radius 1 is 0.696 bits per heavy atom. The molecule has 110 valence electrons. The third-order valence-electron chi connectivity index (χ3n) is 4.88. The average Bonchev–Trinajstić information content (AvgIpc) is 3.11. The lowest BCUT2D eigenvalue weighted by atomic mass is 9.91. The number of H-pyrrole nitrogens is 1. The second kappa shape index (κ2) is 4.36. The Hall–Kier alpha value is -2.80. The molecule has 0 spiro atoms. The average molecular weight is 295 g/mol. The first-order valence-electron chi connectivity index (χ1n) is 8.05. The molecular weight excluding hydrogens is 278 g/mol. The van der Waals surface area contributed by atoms with Gasteiger partial charge in [-0.1, -0.05) is 54.1 Å². The van der Waals surface area contributed by atoms with Crippen molar-refractivity contribution in [1.29, 1.82) is 0 Å². The first kappa shape index (κ1) is 12.7. The van der Waals surface area contributed by atoms with Gasteiger partial charge < -0.3 is 4.98 Å². The molecule has 23 heavy (non-hydrogen) atoms. The molecule has 1 aliphatic carbocycles. The fraction of sp³-hybridized carbons (Fsp3) is 0.0909. The van der Waals surface area contributed by atoms with Crippen molar-refractivity contribution in [3.8, 4) is 33.4 Å². The van der Waals surface area contributed by atoms with E-state index in [-0.39, 0.29) is 0 Å². The van der Waals surface area contributed by atoms with Gasteiger partial charge in [0.1, 0.15) is 0 Å². The maximum atomic E-state index is 3.41. The molecule has 3 aromatic carbocycles. The molecule has 0 radical (unpaired) electrons. The molecule has 1 N–H and O–H groups in total. The zero-order valence-electron chi connectivity index (χ0n) is 13.3. The van der Waals surface area contributed by atoms with Crippen LogP contribution in [0.25, 0.3) is 44.3 Å². The van der Waals surface area contributed by atoms with E-state index in [1.54, 1.807) is 0 Å². The van der Waals surface area contributed by atoms with Crippen LogP contribution in [-0.2, 0) is 0 Å². The lowest BCUT2D eigenvalue weighted by Crippen LogP contribution is -1.88. The van der Waals surface area contributed by atoms with Gasteiger partial charge in [-0.3, -0.25) is 0 Å². The molecular formula is C22H17N. The predicted octanol–water partition coefficient (Wildman–Crippen LogP) is 6.10. The van der Waals surface area contributed by atoms with Crippen molar-refractivity contribution in [2.75, 3.05) is 0 Å². The van der Waals surface area contributed by atoms with E-state index in [1.165, 1.54) is 55.4 Å². The Bertz CT molecular complexity index is 1080. The zero-order valence-corrected chi connectivity index (χ0v) is 13.3. The molecule has 0 amide bonds. The minimum Gasteiger partial charge on any atom is -0.361 e. The van der Waals surface area contributed by atoms with Crippen LogP contribution in [0, 0.1) is 13.8 Å². The summed E-state index contributed by atoms with van der Waals surface area (Å²) in [6.45, 7) is 4.34. The first-order chi connectivity index (χ1) is 11.2. The molecule has 0 saturated carbocycles. The van der Waals surface area contributed by atoms with Crippen molar-refractivity contribution in [3.05, 3.63) is 71.9 Å². The number of hydrogen-bond acceptors (Lipinski definition) is 0. The largest absolute Gasteiger partial charge is 0.361 e. The number of hydrogen-bond donors (Lipinski definition) is 1. The maximum Gasteiger partial charge on any atom is 0.0466 e. The summed E-state index contributed by atoms with van der Waals surface area (Å²) >= 11 is 0.